The van der Waals surface area contributed by atoms with Crippen molar-refractivity contribution in [2.75, 3.05) is 14.1 Å². The Labute approximate surface area is 108 Å². The zero-order valence-electron chi connectivity index (χ0n) is 12.5. The van der Waals surface area contributed by atoms with E-state index in [4.69, 9.17) is 0 Å². The Morgan fingerprint density at radius 3 is 1.82 bits per heavy atom. The zero-order valence-corrected chi connectivity index (χ0v) is 12.5. The van der Waals surface area contributed by atoms with Gasteiger partial charge in [-0.25, -0.2) is 0 Å². The molecule has 0 saturated carbocycles. The maximum atomic E-state index is 2.24. The number of rotatable bonds is 4. The van der Waals surface area contributed by atoms with Gasteiger partial charge in [-0.3, -0.25) is 0 Å². The summed E-state index contributed by atoms with van der Waals surface area (Å²) in [7, 11) is 4.23. The molecule has 1 nitrogen and oxygen atoms in total. The Morgan fingerprint density at radius 2 is 1.53 bits per heavy atom. The van der Waals surface area contributed by atoms with E-state index < -0.39 is 0 Å². The van der Waals surface area contributed by atoms with Crippen molar-refractivity contribution >= 4 is 0 Å². The van der Waals surface area contributed by atoms with Crippen LogP contribution in [0.15, 0.2) is 30.3 Å². The van der Waals surface area contributed by atoms with Crippen LogP contribution in [-0.2, 0) is 6.42 Å². The minimum atomic E-state index is 0.375. The highest BCUT2D eigenvalue weighted by Gasteiger charge is 2.16. The predicted octanol–water partition coefficient (Wildman–Crippen LogP) is 4.38. The largest absolute Gasteiger partial charge is 0.304 e. The van der Waals surface area contributed by atoms with Crippen molar-refractivity contribution in [1.82, 2.24) is 4.90 Å². The monoisotopic (exact) mass is 235 g/mol. The van der Waals surface area contributed by atoms with Crippen molar-refractivity contribution in [3.05, 3.63) is 35.9 Å². The molecule has 98 valence electrons. The molecule has 1 rings (SSSR count). The molecule has 1 aromatic rings. The molecule has 0 aromatic heterocycles. The second-order valence-electron chi connectivity index (χ2n) is 5.30. The van der Waals surface area contributed by atoms with Gasteiger partial charge in [0, 0.05) is 5.54 Å². The van der Waals surface area contributed by atoms with Gasteiger partial charge in [0.25, 0.3) is 0 Å². The van der Waals surface area contributed by atoms with Crippen molar-refractivity contribution in [2.45, 2.75) is 52.5 Å². The van der Waals surface area contributed by atoms with Gasteiger partial charge >= 0.3 is 0 Å². The van der Waals surface area contributed by atoms with Crippen LogP contribution in [-0.4, -0.2) is 24.5 Å². The van der Waals surface area contributed by atoms with Gasteiger partial charge in [0.05, 0.1) is 0 Å². The van der Waals surface area contributed by atoms with Gasteiger partial charge in [-0.05, 0) is 46.3 Å². The van der Waals surface area contributed by atoms with Gasteiger partial charge in [-0.2, -0.15) is 0 Å². The first kappa shape index (κ1) is 16.2. The summed E-state index contributed by atoms with van der Waals surface area (Å²) >= 11 is 0. The van der Waals surface area contributed by atoms with Gasteiger partial charge in [0.2, 0.25) is 0 Å². The molecule has 0 aliphatic rings. The fraction of sp³-hybridized carbons (Fsp3) is 0.625. The molecule has 0 aliphatic carbocycles. The maximum absolute atomic E-state index is 2.24. The summed E-state index contributed by atoms with van der Waals surface area (Å²) in [4.78, 5) is 2.24. The van der Waals surface area contributed by atoms with Crippen LogP contribution in [0.3, 0.4) is 0 Å². The highest BCUT2D eigenvalue weighted by atomic mass is 15.1. The Bertz CT molecular complexity index is 275. The molecule has 0 atom stereocenters. The number of hydrogen-bond donors (Lipinski definition) is 0. The van der Waals surface area contributed by atoms with E-state index in [0.717, 1.165) is 0 Å². The van der Waals surface area contributed by atoms with Crippen molar-refractivity contribution in [3.63, 3.8) is 0 Å². The van der Waals surface area contributed by atoms with Gasteiger partial charge in [0.15, 0.2) is 0 Å². The first-order valence-corrected chi connectivity index (χ1v) is 6.65. The SMILES string of the molecule is CCC(C)(C)N(C)C.CCCc1ccccc1. The van der Waals surface area contributed by atoms with Gasteiger partial charge < -0.3 is 4.90 Å². The molecule has 0 aliphatic heterocycles. The van der Waals surface area contributed by atoms with Gasteiger partial charge in [-0.1, -0.05) is 50.6 Å². The first-order valence-electron chi connectivity index (χ1n) is 6.65. The maximum Gasteiger partial charge on any atom is 0.0144 e. The van der Waals surface area contributed by atoms with Crippen LogP contribution in [0, 0.1) is 0 Å². The summed E-state index contributed by atoms with van der Waals surface area (Å²) in [6.45, 7) is 8.90. The lowest BCUT2D eigenvalue weighted by Gasteiger charge is -2.30. The topological polar surface area (TPSA) is 3.24 Å². The number of aryl methyl sites for hydroxylation is 1. The van der Waals surface area contributed by atoms with E-state index in [9.17, 15) is 0 Å². The second kappa shape index (κ2) is 8.30. The lowest BCUT2D eigenvalue weighted by molar-refractivity contribution is 0.189. The second-order valence-corrected chi connectivity index (χ2v) is 5.30. The average Bonchev–Trinajstić information content (AvgIpc) is 2.31. The molecular formula is C16H29N. The highest BCUT2D eigenvalue weighted by Crippen LogP contribution is 2.12. The van der Waals surface area contributed by atoms with Gasteiger partial charge in [0.1, 0.15) is 0 Å². The standard InChI is InChI=1S/C9H12.C7H17N/c1-2-6-9-7-4-3-5-8-9;1-6-7(2,3)8(4)5/h3-5,7-8H,2,6H2,1H3;6H2,1-5H3. The van der Waals surface area contributed by atoms with Crippen LogP contribution < -0.4 is 0 Å². The summed E-state index contributed by atoms with van der Waals surface area (Å²) in [6.07, 6.45) is 3.66. The molecule has 0 heterocycles. The third-order valence-corrected chi connectivity index (χ3v) is 3.46. The fourth-order valence-corrected chi connectivity index (χ4v) is 1.25. The van der Waals surface area contributed by atoms with Crippen LogP contribution in [0.5, 0.6) is 0 Å². The number of benzene rings is 1. The molecule has 0 unspecified atom stereocenters. The van der Waals surface area contributed by atoms with Crippen LogP contribution in [0.1, 0.15) is 46.1 Å². The Balaban J connectivity index is 0.000000304. The van der Waals surface area contributed by atoms with Crippen molar-refractivity contribution in [2.24, 2.45) is 0 Å². The van der Waals surface area contributed by atoms with E-state index >= 15 is 0 Å². The predicted molar refractivity (Wildman–Crippen MR) is 78.5 cm³/mol. The van der Waals surface area contributed by atoms with Gasteiger partial charge in [-0.15, -0.1) is 0 Å². The average molecular weight is 235 g/mol. The fourth-order valence-electron chi connectivity index (χ4n) is 1.25. The van der Waals surface area contributed by atoms with E-state index in [1.54, 1.807) is 0 Å². The zero-order chi connectivity index (χ0) is 13.3. The van der Waals surface area contributed by atoms with E-state index in [1.807, 2.05) is 0 Å². The molecule has 0 fully saturated rings. The van der Waals surface area contributed by atoms with Crippen LogP contribution in [0.4, 0.5) is 0 Å². The molecule has 0 bridgehead atoms. The summed E-state index contributed by atoms with van der Waals surface area (Å²) in [6, 6.07) is 10.6. The summed E-state index contributed by atoms with van der Waals surface area (Å²) in [5.74, 6) is 0. The molecule has 1 aromatic carbocycles. The lowest BCUT2D eigenvalue weighted by Crippen LogP contribution is -2.36. The van der Waals surface area contributed by atoms with E-state index in [-0.39, 0.29) is 0 Å². The molecule has 0 saturated heterocycles. The van der Waals surface area contributed by atoms with Crippen molar-refractivity contribution < 1.29 is 0 Å². The molecule has 0 N–H and O–H groups in total. The third kappa shape index (κ3) is 7.17. The molecule has 17 heavy (non-hydrogen) atoms. The van der Waals surface area contributed by atoms with E-state index in [2.05, 4.69) is 77.0 Å². The number of nitrogens with zero attached hydrogens (tertiary/aromatic N) is 1. The van der Waals surface area contributed by atoms with E-state index in [0.29, 0.717) is 5.54 Å². The lowest BCUT2D eigenvalue weighted by atomic mass is 10.0. The highest BCUT2D eigenvalue weighted by molar-refractivity contribution is 5.14. The van der Waals surface area contributed by atoms with E-state index in [1.165, 1.54) is 24.8 Å². The van der Waals surface area contributed by atoms with Crippen molar-refractivity contribution in [1.29, 1.82) is 0 Å². The Morgan fingerprint density at radius 1 is 1.00 bits per heavy atom. The Kier molecular flexibility index (Phi) is 7.90. The van der Waals surface area contributed by atoms with Crippen molar-refractivity contribution in [3.8, 4) is 0 Å². The normalized spacial score (nSPS) is 11.0. The smallest absolute Gasteiger partial charge is 0.0144 e. The quantitative estimate of drug-likeness (QED) is 0.749. The molecule has 1 heteroatoms. The summed E-state index contributed by atoms with van der Waals surface area (Å²) in [5.41, 5.74) is 1.82. The summed E-state index contributed by atoms with van der Waals surface area (Å²) in [5, 5.41) is 0. The minimum absolute atomic E-state index is 0.375. The molecule has 0 amide bonds. The molecular weight excluding hydrogens is 206 g/mol. The Hall–Kier alpha value is -0.820. The molecule has 0 spiro atoms. The molecule has 0 radical (unpaired) electrons. The summed E-state index contributed by atoms with van der Waals surface area (Å²) < 4.78 is 0. The number of hydrogen-bond acceptors (Lipinski definition) is 1. The first-order chi connectivity index (χ1) is 7.94. The van der Waals surface area contributed by atoms with Crippen LogP contribution in [0.2, 0.25) is 0 Å². The third-order valence-electron chi connectivity index (χ3n) is 3.46. The van der Waals surface area contributed by atoms with Crippen LogP contribution in [0.25, 0.3) is 0 Å². The minimum Gasteiger partial charge on any atom is -0.304 e. The van der Waals surface area contributed by atoms with Crippen LogP contribution >= 0.6 is 0 Å².